The Balaban J connectivity index is 3.20. The number of sulfonamides is 1. The molecule has 0 unspecified atom stereocenters. The lowest BCUT2D eigenvalue weighted by Gasteiger charge is -2.10. The minimum absolute atomic E-state index is 0.154. The first-order valence-electron chi connectivity index (χ1n) is 5.09. The van der Waals surface area contributed by atoms with Crippen molar-refractivity contribution in [3.63, 3.8) is 0 Å². The van der Waals surface area contributed by atoms with E-state index in [1.54, 1.807) is 0 Å². The molecule has 0 aliphatic heterocycles. The lowest BCUT2D eigenvalue weighted by Crippen LogP contribution is -2.38. The van der Waals surface area contributed by atoms with Gasteiger partial charge in [0.1, 0.15) is 6.04 Å². The Morgan fingerprint density at radius 1 is 1.21 bits per heavy atom. The van der Waals surface area contributed by atoms with E-state index in [0.29, 0.717) is 0 Å². The fourth-order valence-electron chi connectivity index (χ4n) is 1.22. The Hall–Kier alpha value is -1.45. The Morgan fingerprint density at radius 3 is 2.21 bits per heavy atom. The monoisotopic (exact) mass is 307 g/mol. The summed E-state index contributed by atoms with van der Waals surface area (Å²) in [7, 11) is -7.62. The van der Waals surface area contributed by atoms with E-state index < -0.39 is 31.9 Å². The largest absolute Gasteiger partial charge is 0.480 e. The summed E-state index contributed by atoms with van der Waals surface area (Å²) in [5, 5.41) is 8.65. The Morgan fingerprint density at radius 2 is 1.74 bits per heavy atom. The van der Waals surface area contributed by atoms with Gasteiger partial charge in [-0.2, -0.15) is 4.72 Å². The van der Waals surface area contributed by atoms with Crippen molar-refractivity contribution >= 4 is 25.8 Å². The molecule has 0 saturated carbocycles. The smallest absolute Gasteiger partial charge is 0.321 e. The van der Waals surface area contributed by atoms with Crippen molar-refractivity contribution in [3.8, 4) is 0 Å². The van der Waals surface area contributed by atoms with Crippen LogP contribution in [0.3, 0.4) is 0 Å². The fraction of sp³-hybridized carbons (Fsp3) is 0.300. The van der Waals surface area contributed by atoms with Gasteiger partial charge in [0.15, 0.2) is 9.84 Å². The molecule has 2 N–H and O–H groups in total. The van der Waals surface area contributed by atoms with E-state index >= 15 is 0 Å². The molecule has 19 heavy (non-hydrogen) atoms. The van der Waals surface area contributed by atoms with Gasteiger partial charge in [0.2, 0.25) is 10.0 Å². The third-order valence-electron chi connectivity index (χ3n) is 2.25. The van der Waals surface area contributed by atoms with Crippen LogP contribution in [0.1, 0.15) is 6.92 Å². The number of aliphatic carboxylic acids is 1. The molecule has 1 atom stereocenters. The molecule has 0 heterocycles. The highest BCUT2D eigenvalue weighted by molar-refractivity contribution is 7.91. The van der Waals surface area contributed by atoms with Crippen molar-refractivity contribution in [2.75, 3.05) is 6.26 Å². The van der Waals surface area contributed by atoms with Crippen LogP contribution in [0.2, 0.25) is 0 Å². The molecule has 106 valence electrons. The normalized spacial score (nSPS) is 14.0. The van der Waals surface area contributed by atoms with E-state index in [1.807, 2.05) is 4.72 Å². The first kappa shape index (κ1) is 15.6. The quantitative estimate of drug-likeness (QED) is 0.780. The van der Waals surface area contributed by atoms with Gasteiger partial charge in [0.25, 0.3) is 0 Å². The number of sulfone groups is 1. The number of carboxylic acid groups (broad SMARTS) is 1. The zero-order valence-electron chi connectivity index (χ0n) is 10.2. The molecule has 0 aliphatic rings. The number of hydrogen-bond donors (Lipinski definition) is 2. The highest BCUT2D eigenvalue weighted by Gasteiger charge is 2.22. The molecule has 0 fully saturated rings. The predicted molar refractivity (Wildman–Crippen MR) is 67.0 cm³/mol. The van der Waals surface area contributed by atoms with Crippen LogP contribution in [-0.2, 0) is 24.7 Å². The molecule has 0 spiro atoms. The SMILES string of the molecule is C[C@@H](NS(=O)(=O)c1cccc(S(C)(=O)=O)c1)C(=O)O. The van der Waals surface area contributed by atoms with Gasteiger partial charge >= 0.3 is 5.97 Å². The fourth-order valence-corrected chi connectivity index (χ4v) is 3.21. The lowest BCUT2D eigenvalue weighted by atomic mass is 10.4. The third kappa shape index (κ3) is 4.01. The van der Waals surface area contributed by atoms with E-state index in [4.69, 9.17) is 5.11 Å². The molecule has 0 saturated heterocycles. The van der Waals surface area contributed by atoms with Gasteiger partial charge in [0, 0.05) is 6.26 Å². The summed E-state index contributed by atoms with van der Waals surface area (Å²) in [6.45, 7) is 1.17. The van der Waals surface area contributed by atoms with Crippen LogP contribution < -0.4 is 4.72 Å². The van der Waals surface area contributed by atoms with Gasteiger partial charge in [-0.1, -0.05) is 6.07 Å². The van der Waals surface area contributed by atoms with Gasteiger partial charge < -0.3 is 5.11 Å². The van der Waals surface area contributed by atoms with Gasteiger partial charge in [-0.3, -0.25) is 4.79 Å². The van der Waals surface area contributed by atoms with Crippen LogP contribution in [0.4, 0.5) is 0 Å². The second kappa shape index (κ2) is 5.27. The number of carboxylic acids is 1. The zero-order valence-corrected chi connectivity index (χ0v) is 11.8. The molecule has 0 bridgehead atoms. The lowest BCUT2D eigenvalue weighted by molar-refractivity contribution is -0.138. The van der Waals surface area contributed by atoms with Gasteiger partial charge in [0.05, 0.1) is 9.79 Å². The first-order chi connectivity index (χ1) is 8.54. The Kier molecular flexibility index (Phi) is 4.33. The van der Waals surface area contributed by atoms with Crippen LogP contribution in [0.15, 0.2) is 34.1 Å². The van der Waals surface area contributed by atoms with Crippen molar-refractivity contribution in [2.45, 2.75) is 22.8 Å². The minimum Gasteiger partial charge on any atom is -0.480 e. The summed E-state index contributed by atoms with van der Waals surface area (Å²) >= 11 is 0. The first-order valence-corrected chi connectivity index (χ1v) is 8.47. The number of benzene rings is 1. The molecule has 7 nitrogen and oxygen atoms in total. The topological polar surface area (TPSA) is 118 Å². The van der Waals surface area contributed by atoms with Crippen molar-refractivity contribution in [1.29, 1.82) is 0 Å². The molecular weight excluding hydrogens is 294 g/mol. The van der Waals surface area contributed by atoms with Crippen LogP contribution >= 0.6 is 0 Å². The number of hydrogen-bond acceptors (Lipinski definition) is 5. The van der Waals surface area contributed by atoms with E-state index in [0.717, 1.165) is 12.3 Å². The van der Waals surface area contributed by atoms with Crippen molar-refractivity contribution in [1.82, 2.24) is 4.72 Å². The Bertz CT molecular complexity index is 692. The van der Waals surface area contributed by atoms with E-state index in [1.165, 1.54) is 25.1 Å². The second-order valence-electron chi connectivity index (χ2n) is 3.93. The average molecular weight is 307 g/mol. The molecule has 1 aromatic carbocycles. The minimum atomic E-state index is -4.08. The van der Waals surface area contributed by atoms with Crippen LogP contribution in [0.5, 0.6) is 0 Å². The molecule has 1 aromatic rings. The standard InChI is InChI=1S/C10H13NO6S2/c1-7(10(12)13)11-19(16,17)9-5-3-4-8(6-9)18(2,14)15/h3-7,11H,1-2H3,(H,12,13)/t7-/m1/s1. The number of nitrogens with one attached hydrogen (secondary N) is 1. The van der Waals surface area contributed by atoms with Gasteiger partial charge in [-0.25, -0.2) is 16.8 Å². The summed E-state index contributed by atoms with van der Waals surface area (Å²) in [5.41, 5.74) is 0. The predicted octanol–water partition coefficient (Wildman–Crippen LogP) is -0.158. The highest BCUT2D eigenvalue weighted by atomic mass is 32.2. The zero-order chi connectivity index (χ0) is 14.8. The van der Waals surface area contributed by atoms with Crippen LogP contribution in [0, 0.1) is 0 Å². The summed E-state index contributed by atoms with van der Waals surface area (Å²) in [6.07, 6.45) is 0.950. The maximum Gasteiger partial charge on any atom is 0.321 e. The maximum atomic E-state index is 11.9. The third-order valence-corrected chi connectivity index (χ3v) is 4.89. The molecule has 0 aromatic heterocycles. The summed E-state index contributed by atoms with van der Waals surface area (Å²) < 4.78 is 48.3. The molecule has 0 aliphatic carbocycles. The van der Waals surface area contributed by atoms with Crippen LogP contribution in [-0.4, -0.2) is 40.2 Å². The molecule has 1 rings (SSSR count). The highest BCUT2D eigenvalue weighted by Crippen LogP contribution is 2.15. The summed E-state index contributed by atoms with van der Waals surface area (Å²) in [4.78, 5) is 10.2. The second-order valence-corrected chi connectivity index (χ2v) is 7.66. The number of rotatable bonds is 5. The molecular formula is C10H13NO6S2. The Labute approximate surface area is 111 Å². The van der Waals surface area contributed by atoms with Crippen molar-refractivity contribution < 1.29 is 26.7 Å². The van der Waals surface area contributed by atoms with Crippen molar-refractivity contribution in [2.24, 2.45) is 0 Å². The van der Waals surface area contributed by atoms with Gasteiger partial charge in [-0.05, 0) is 25.1 Å². The number of carbonyl (C=O) groups is 1. The summed E-state index contributed by atoms with van der Waals surface area (Å²) in [5.74, 6) is -1.33. The summed E-state index contributed by atoms with van der Waals surface area (Å²) in [6, 6.07) is 3.38. The van der Waals surface area contributed by atoms with Gasteiger partial charge in [-0.15, -0.1) is 0 Å². The van der Waals surface area contributed by atoms with Crippen molar-refractivity contribution in [3.05, 3.63) is 24.3 Å². The molecule has 9 heteroatoms. The maximum absolute atomic E-state index is 11.9. The average Bonchev–Trinajstić information content (AvgIpc) is 2.27. The van der Waals surface area contributed by atoms with E-state index in [2.05, 4.69) is 0 Å². The van der Waals surface area contributed by atoms with E-state index in [-0.39, 0.29) is 9.79 Å². The molecule has 0 amide bonds. The molecule has 0 radical (unpaired) electrons. The van der Waals surface area contributed by atoms with E-state index in [9.17, 15) is 21.6 Å². The van der Waals surface area contributed by atoms with Crippen LogP contribution in [0.25, 0.3) is 0 Å².